The van der Waals surface area contributed by atoms with Crippen LogP contribution < -0.4 is 21.5 Å². The van der Waals surface area contributed by atoms with Crippen molar-refractivity contribution in [3.8, 4) is 5.75 Å². The molecule has 18 heavy (non-hydrogen) atoms. The summed E-state index contributed by atoms with van der Waals surface area (Å²) in [7, 11) is 1.57. The zero-order valence-electron chi connectivity index (χ0n) is 10.4. The largest absolute Gasteiger partial charge is 0.496 e. The van der Waals surface area contributed by atoms with E-state index < -0.39 is 17.9 Å². The topological polar surface area (TPSA) is 107 Å². The third-order valence-electron chi connectivity index (χ3n) is 2.42. The lowest BCUT2D eigenvalue weighted by atomic mass is 10.1. The Kier molecular flexibility index (Phi) is 4.67. The van der Waals surface area contributed by atoms with Crippen LogP contribution in [0.2, 0.25) is 0 Å². The number of rotatable bonds is 5. The van der Waals surface area contributed by atoms with Gasteiger partial charge in [-0.05, 0) is 30.7 Å². The maximum atomic E-state index is 11.6. The Morgan fingerprint density at radius 2 is 2.11 bits per heavy atom. The van der Waals surface area contributed by atoms with E-state index >= 15 is 0 Å². The molecule has 0 aliphatic rings. The lowest BCUT2D eigenvalue weighted by Gasteiger charge is -2.12. The fourth-order valence-electron chi connectivity index (χ4n) is 1.50. The van der Waals surface area contributed by atoms with E-state index in [4.69, 9.17) is 16.2 Å². The highest BCUT2D eigenvalue weighted by Gasteiger charge is 2.16. The number of hydrogen-bond donors (Lipinski definition) is 3. The molecular weight excluding hydrogens is 234 g/mol. The van der Waals surface area contributed by atoms with E-state index in [0.717, 1.165) is 11.3 Å². The number of nitrogens with two attached hydrogens (primary N) is 2. The molecule has 5 N–H and O–H groups in total. The summed E-state index contributed by atoms with van der Waals surface area (Å²) in [6.07, 6.45) is -0.180. The molecule has 0 radical (unpaired) electrons. The van der Waals surface area contributed by atoms with Crippen molar-refractivity contribution in [2.75, 3.05) is 12.4 Å². The SMILES string of the molecule is COc1ccc(NC(=O)C(N)CC(N)=O)cc1C. The molecule has 0 spiro atoms. The van der Waals surface area contributed by atoms with Crippen LogP contribution in [0.3, 0.4) is 0 Å². The number of methoxy groups -OCH3 is 1. The van der Waals surface area contributed by atoms with Gasteiger partial charge < -0.3 is 21.5 Å². The van der Waals surface area contributed by atoms with E-state index in [0.29, 0.717) is 5.69 Å². The van der Waals surface area contributed by atoms with Gasteiger partial charge in [-0.3, -0.25) is 9.59 Å². The molecular formula is C12H17N3O3. The summed E-state index contributed by atoms with van der Waals surface area (Å²) in [5.74, 6) is -0.323. The van der Waals surface area contributed by atoms with Gasteiger partial charge in [0.25, 0.3) is 0 Å². The number of carbonyl (C=O) groups is 2. The van der Waals surface area contributed by atoms with Crippen molar-refractivity contribution in [3.63, 3.8) is 0 Å². The van der Waals surface area contributed by atoms with E-state index in [2.05, 4.69) is 5.32 Å². The van der Waals surface area contributed by atoms with E-state index in [1.165, 1.54) is 0 Å². The molecule has 0 saturated carbocycles. The molecule has 2 amide bonds. The van der Waals surface area contributed by atoms with Crippen molar-refractivity contribution < 1.29 is 14.3 Å². The number of ether oxygens (including phenoxy) is 1. The van der Waals surface area contributed by atoms with Gasteiger partial charge in [0.05, 0.1) is 19.6 Å². The van der Waals surface area contributed by atoms with Crippen molar-refractivity contribution in [2.24, 2.45) is 11.5 Å². The predicted octanol–water partition coefficient (Wildman–Crippen LogP) is 0.145. The van der Waals surface area contributed by atoms with E-state index in [1.807, 2.05) is 6.92 Å². The highest BCUT2D eigenvalue weighted by molar-refractivity contribution is 5.97. The molecule has 0 heterocycles. The van der Waals surface area contributed by atoms with Gasteiger partial charge in [-0.15, -0.1) is 0 Å². The first-order chi connectivity index (χ1) is 8.43. The fourth-order valence-corrected chi connectivity index (χ4v) is 1.50. The molecule has 0 fully saturated rings. The van der Waals surface area contributed by atoms with E-state index in [1.54, 1.807) is 25.3 Å². The van der Waals surface area contributed by atoms with Crippen molar-refractivity contribution >= 4 is 17.5 Å². The lowest BCUT2D eigenvalue weighted by Crippen LogP contribution is -2.38. The molecule has 0 aromatic heterocycles. The summed E-state index contributed by atoms with van der Waals surface area (Å²) < 4.78 is 5.11. The Balaban J connectivity index is 2.70. The highest BCUT2D eigenvalue weighted by atomic mass is 16.5. The molecule has 1 aromatic carbocycles. The van der Waals surface area contributed by atoms with Crippen LogP contribution in [0.4, 0.5) is 5.69 Å². The first kappa shape index (κ1) is 14.0. The molecule has 6 heteroatoms. The van der Waals surface area contributed by atoms with E-state index in [-0.39, 0.29) is 6.42 Å². The second-order valence-corrected chi connectivity index (χ2v) is 3.95. The second-order valence-electron chi connectivity index (χ2n) is 3.95. The van der Waals surface area contributed by atoms with Crippen LogP contribution in [0.25, 0.3) is 0 Å². The summed E-state index contributed by atoms with van der Waals surface area (Å²) in [5.41, 5.74) is 12.0. The van der Waals surface area contributed by atoms with Gasteiger partial charge in [-0.2, -0.15) is 0 Å². The second kappa shape index (κ2) is 6.02. The number of amides is 2. The van der Waals surface area contributed by atoms with Gasteiger partial charge in [0.1, 0.15) is 5.75 Å². The van der Waals surface area contributed by atoms with Crippen LogP contribution in [-0.4, -0.2) is 25.0 Å². The van der Waals surface area contributed by atoms with Crippen molar-refractivity contribution in [1.29, 1.82) is 0 Å². The van der Waals surface area contributed by atoms with Gasteiger partial charge in [0.2, 0.25) is 11.8 Å². The van der Waals surface area contributed by atoms with Gasteiger partial charge in [0.15, 0.2) is 0 Å². The number of primary amides is 1. The standard InChI is InChI=1S/C12H17N3O3/c1-7-5-8(3-4-10(7)18-2)15-12(17)9(13)6-11(14)16/h3-5,9H,6,13H2,1-2H3,(H2,14,16)(H,15,17). The predicted molar refractivity (Wildman–Crippen MR) is 68.1 cm³/mol. The third kappa shape index (κ3) is 3.74. The molecule has 0 bridgehead atoms. The van der Waals surface area contributed by atoms with Gasteiger partial charge in [-0.25, -0.2) is 0 Å². The molecule has 98 valence electrons. The van der Waals surface area contributed by atoms with Gasteiger partial charge >= 0.3 is 0 Å². The Labute approximate surface area is 105 Å². The summed E-state index contributed by atoms with van der Waals surface area (Å²) in [6, 6.07) is 4.25. The Bertz CT molecular complexity index is 460. The highest BCUT2D eigenvalue weighted by Crippen LogP contribution is 2.21. The maximum absolute atomic E-state index is 11.6. The molecule has 1 atom stereocenters. The van der Waals surface area contributed by atoms with Gasteiger partial charge in [0, 0.05) is 5.69 Å². The maximum Gasteiger partial charge on any atom is 0.241 e. The number of aryl methyl sites for hydroxylation is 1. The minimum atomic E-state index is -0.940. The van der Waals surface area contributed by atoms with Gasteiger partial charge in [-0.1, -0.05) is 0 Å². The van der Waals surface area contributed by atoms with Crippen LogP contribution in [-0.2, 0) is 9.59 Å². The average molecular weight is 251 g/mol. The van der Waals surface area contributed by atoms with Crippen molar-refractivity contribution in [3.05, 3.63) is 23.8 Å². The molecule has 0 saturated heterocycles. The average Bonchev–Trinajstić information content (AvgIpc) is 2.28. The minimum absolute atomic E-state index is 0.180. The number of carbonyl (C=O) groups excluding carboxylic acids is 2. The molecule has 0 aliphatic heterocycles. The molecule has 1 aromatic rings. The molecule has 0 aliphatic carbocycles. The molecule has 1 unspecified atom stereocenters. The first-order valence-electron chi connectivity index (χ1n) is 5.43. The first-order valence-corrected chi connectivity index (χ1v) is 5.43. The Morgan fingerprint density at radius 1 is 1.44 bits per heavy atom. The van der Waals surface area contributed by atoms with Crippen LogP contribution in [0.1, 0.15) is 12.0 Å². The summed E-state index contributed by atoms with van der Waals surface area (Å²) in [4.78, 5) is 22.3. The third-order valence-corrected chi connectivity index (χ3v) is 2.42. The Hall–Kier alpha value is -2.08. The normalized spacial score (nSPS) is 11.7. The summed E-state index contributed by atoms with van der Waals surface area (Å²) in [6.45, 7) is 1.86. The summed E-state index contributed by atoms with van der Waals surface area (Å²) in [5, 5.41) is 2.61. The van der Waals surface area contributed by atoms with Crippen LogP contribution >= 0.6 is 0 Å². The number of anilines is 1. The molecule has 1 rings (SSSR count). The minimum Gasteiger partial charge on any atom is -0.496 e. The quantitative estimate of drug-likeness (QED) is 0.692. The van der Waals surface area contributed by atoms with Crippen molar-refractivity contribution in [1.82, 2.24) is 0 Å². The zero-order valence-corrected chi connectivity index (χ0v) is 10.4. The Morgan fingerprint density at radius 3 is 2.61 bits per heavy atom. The van der Waals surface area contributed by atoms with Crippen molar-refractivity contribution in [2.45, 2.75) is 19.4 Å². The lowest BCUT2D eigenvalue weighted by molar-refractivity contribution is -0.123. The number of benzene rings is 1. The number of nitrogens with one attached hydrogen (secondary N) is 1. The zero-order chi connectivity index (χ0) is 13.7. The monoisotopic (exact) mass is 251 g/mol. The van der Waals surface area contributed by atoms with E-state index in [9.17, 15) is 9.59 Å². The smallest absolute Gasteiger partial charge is 0.241 e. The van der Waals surface area contributed by atoms with Crippen LogP contribution in [0.5, 0.6) is 5.75 Å². The van der Waals surface area contributed by atoms with Crippen LogP contribution in [0, 0.1) is 6.92 Å². The fraction of sp³-hybridized carbons (Fsp3) is 0.333. The molecule has 6 nitrogen and oxygen atoms in total. The summed E-state index contributed by atoms with van der Waals surface area (Å²) >= 11 is 0. The van der Waals surface area contributed by atoms with Crippen LogP contribution in [0.15, 0.2) is 18.2 Å². The number of hydrogen-bond acceptors (Lipinski definition) is 4.